The van der Waals surface area contributed by atoms with Gasteiger partial charge in [-0.2, -0.15) is 0 Å². The van der Waals surface area contributed by atoms with Gasteiger partial charge in [-0.25, -0.2) is 4.98 Å². The van der Waals surface area contributed by atoms with Gasteiger partial charge >= 0.3 is 0 Å². The second-order valence-corrected chi connectivity index (χ2v) is 8.81. The lowest BCUT2D eigenvalue weighted by molar-refractivity contribution is -0.143. The summed E-state index contributed by atoms with van der Waals surface area (Å²) < 4.78 is 2.10. The van der Waals surface area contributed by atoms with Crippen molar-refractivity contribution in [3.05, 3.63) is 18.2 Å². The smallest absolute Gasteiger partial charge is 0.222 e. The van der Waals surface area contributed by atoms with Crippen LogP contribution in [0.5, 0.6) is 0 Å². The second kappa shape index (κ2) is 9.07. The molecule has 2 fully saturated rings. The molecule has 28 heavy (non-hydrogen) atoms. The van der Waals surface area contributed by atoms with Crippen LogP contribution in [0.3, 0.4) is 0 Å². The van der Waals surface area contributed by atoms with Crippen LogP contribution in [0.25, 0.3) is 0 Å². The Labute approximate surface area is 168 Å². The summed E-state index contributed by atoms with van der Waals surface area (Å²) in [7, 11) is 4.08. The van der Waals surface area contributed by atoms with Crippen molar-refractivity contribution < 1.29 is 9.59 Å². The molecule has 1 aromatic rings. The third-order valence-corrected chi connectivity index (χ3v) is 6.29. The highest BCUT2D eigenvalue weighted by Gasteiger charge is 2.42. The van der Waals surface area contributed by atoms with E-state index in [1.54, 1.807) is 6.20 Å². The Hall–Kier alpha value is -1.89. The average Bonchev–Trinajstić information content (AvgIpc) is 3.07. The fourth-order valence-electron chi connectivity index (χ4n) is 4.58. The molecule has 0 aromatic carbocycles. The Bertz CT molecular complexity index is 686. The number of hydrogen-bond acceptors (Lipinski definition) is 4. The normalized spacial score (nSPS) is 23.1. The maximum atomic E-state index is 12.8. The number of imidazole rings is 1. The number of nitrogens with zero attached hydrogens (tertiary/aromatic N) is 5. The summed E-state index contributed by atoms with van der Waals surface area (Å²) in [5.41, 5.74) is 0.0923. The Morgan fingerprint density at radius 1 is 1.25 bits per heavy atom. The van der Waals surface area contributed by atoms with Crippen LogP contribution in [-0.4, -0.2) is 82.9 Å². The first kappa shape index (κ1) is 20.8. The number of piperidine rings is 2. The predicted octanol–water partition coefficient (Wildman–Crippen LogP) is 1.76. The van der Waals surface area contributed by atoms with Crippen molar-refractivity contribution in [1.82, 2.24) is 24.3 Å². The van der Waals surface area contributed by atoms with Gasteiger partial charge in [0.05, 0.1) is 0 Å². The molecule has 3 heterocycles. The molecule has 0 N–H and O–H groups in total. The fraction of sp³-hybridized carbons (Fsp3) is 0.762. The molecule has 2 saturated heterocycles. The van der Waals surface area contributed by atoms with E-state index in [1.165, 1.54) is 0 Å². The molecule has 0 radical (unpaired) electrons. The van der Waals surface area contributed by atoms with Gasteiger partial charge in [-0.3, -0.25) is 9.59 Å². The van der Waals surface area contributed by atoms with Crippen LogP contribution in [0.2, 0.25) is 0 Å². The minimum absolute atomic E-state index is 0.0923. The molecule has 2 aliphatic heterocycles. The van der Waals surface area contributed by atoms with Gasteiger partial charge in [0.15, 0.2) is 0 Å². The van der Waals surface area contributed by atoms with Crippen molar-refractivity contribution in [2.45, 2.75) is 52.0 Å². The maximum Gasteiger partial charge on any atom is 0.222 e. The number of likely N-dealkylation sites (N-methyl/N-ethyl adjacent to an activating group) is 1. The summed E-state index contributed by atoms with van der Waals surface area (Å²) in [6, 6.07) is 0. The fourth-order valence-corrected chi connectivity index (χ4v) is 4.58. The third-order valence-electron chi connectivity index (χ3n) is 6.29. The summed E-state index contributed by atoms with van der Waals surface area (Å²) in [5.74, 6) is 1.52. The molecule has 7 nitrogen and oxygen atoms in total. The van der Waals surface area contributed by atoms with Crippen molar-refractivity contribution in [2.75, 3.05) is 46.8 Å². The van der Waals surface area contributed by atoms with E-state index in [0.717, 1.165) is 70.8 Å². The van der Waals surface area contributed by atoms with Crippen molar-refractivity contribution in [3.8, 4) is 0 Å². The zero-order valence-corrected chi connectivity index (χ0v) is 17.7. The molecule has 2 amide bonds. The molecule has 0 aliphatic carbocycles. The van der Waals surface area contributed by atoms with Crippen LogP contribution < -0.4 is 0 Å². The van der Waals surface area contributed by atoms with Crippen LogP contribution in [-0.2, 0) is 16.1 Å². The number of likely N-dealkylation sites (tertiary alicyclic amines) is 2. The minimum Gasteiger partial charge on any atom is -0.342 e. The van der Waals surface area contributed by atoms with Crippen molar-refractivity contribution >= 4 is 11.8 Å². The second-order valence-electron chi connectivity index (χ2n) is 8.81. The molecule has 1 spiro atoms. The van der Waals surface area contributed by atoms with Gasteiger partial charge < -0.3 is 19.3 Å². The van der Waals surface area contributed by atoms with Crippen molar-refractivity contribution in [1.29, 1.82) is 0 Å². The first-order valence-electron chi connectivity index (χ1n) is 10.6. The highest BCUT2D eigenvalue weighted by atomic mass is 16.2. The Morgan fingerprint density at radius 2 is 2.07 bits per heavy atom. The number of rotatable bonds is 7. The predicted molar refractivity (Wildman–Crippen MR) is 109 cm³/mol. The van der Waals surface area contributed by atoms with E-state index in [0.29, 0.717) is 12.8 Å². The Kier molecular flexibility index (Phi) is 6.75. The number of amides is 2. The summed E-state index contributed by atoms with van der Waals surface area (Å²) in [6.07, 6.45) is 8.90. The maximum absolute atomic E-state index is 12.8. The van der Waals surface area contributed by atoms with E-state index in [9.17, 15) is 9.59 Å². The van der Waals surface area contributed by atoms with Gasteiger partial charge in [-0.1, -0.05) is 0 Å². The number of aryl methyl sites for hydroxylation is 2. The topological polar surface area (TPSA) is 61.7 Å². The molecule has 0 saturated carbocycles. The van der Waals surface area contributed by atoms with Crippen LogP contribution in [0, 0.1) is 12.3 Å². The zero-order chi connectivity index (χ0) is 20.1. The zero-order valence-electron chi connectivity index (χ0n) is 17.7. The summed E-state index contributed by atoms with van der Waals surface area (Å²) in [6.45, 7) is 6.96. The van der Waals surface area contributed by atoms with E-state index < -0.39 is 0 Å². The van der Waals surface area contributed by atoms with Crippen molar-refractivity contribution in [3.63, 3.8) is 0 Å². The van der Waals surface area contributed by atoms with E-state index in [-0.39, 0.29) is 17.2 Å². The quantitative estimate of drug-likeness (QED) is 0.713. The number of hydrogen-bond donors (Lipinski definition) is 0. The number of aromatic nitrogens is 2. The first-order valence-corrected chi connectivity index (χ1v) is 10.6. The molecular formula is C21H35N5O2. The molecule has 1 unspecified atom stereocenters. The molecule has 0 bridgehead atoms. The van der Waals surface area contributed by atoms with E-state index >= 15 is 0 Å². The molecule has 1 aromatic heterocycles. The van der Waals surface area contributed by atoms with Crippen LogP contribution in [0.1, 0.15) is 44.3 Å². The lowest BCUT2D eigenvalue weighted by Gasteiger charge is -2.48. The monoisotopic (exact) mass is 389 g/mol. The van der Waals surface area contributed by atoms with Gasteiger partial charge in [-0.05, 0) is 46.7 Å². The first-order chi connectivity index (χ1) is 13.4. The number of carbonyl (C=O) groups excluding carboxylic acids is 2. The highest BCUT2D eigenvalue weighted by molar-refractivity contribution is 5.78. The summed E-state index contributed by atoms with van der Waals surface area (Å²) >= 11 is 0. The van der Waals surface area contributed by atoms with Crippen LogP contribution >= 0.6 is 0 Å². The summed E-state index contributed by atoms with van der Waals surface area (Å²) in [4.78, 5) is 35.6. The van der Waals surface area contributed by atoms with Gasteiger partial charge in [0, 0.05) is 69.9 Å². The molecular weight excluding hydrogens is 354 g/mol. The molecule has 156 valence electrons. The lowest BCUT2D eigenvalue weighted by atomic mass is 9.73. The molecule has 3 rings (SSSR count). The van der Waals surface area contributed by atoms with E-state index in [4.69, 9.17) is 0 Å². The standard InChI is InChI=1S/C21H35N5O2/c1-18-22-10-13-24(18)11-4-6-19(27)25-12-5-8-21(16-25)9-7-20(28)26(17-21)15-14-23(2)3/h10,13H,4-9,11-12,14-17H2,1-3H3. The van der Waals surface area contributed by atoms with Gasteiger partial charge in [0.25, 0.3) is 0 Å². The minimum atomic E-state index is 0.0923. The third kappa shape index (κ3) is 5.13. The molecule has 7 heteroatoms. The summed E-state index contributed by atoms with van der Waals surface area (Å²) in [5, 5.41) is 0. The van der Waals surface area contributed by atoms with Crippen LogP contribution in [0.4, 0.5) is 0 Å². The molecule has 2 aliphatic rings. The van der Waals surface area contributed by atoms with Gasteiger partial charge in [0.1, 0.15) is 5.82 Å². The van der Waals surface area contributed by atoms with Gasteiger partial charge in [-0.15, -0.1) is 0 Å². The Balaban J connectivity index is 1.52. The van der Waals surface area contributed by atoms with Crippen LogP contribution in [0.15, 0.2) is 12.4 Å². The van der Waals surface area contributed by atoms with Crippen molar-refractivity contribution in [2.24, 2.45) is 5.41 Å². The van der Waals surface area contributed by atoms with Gasteiger partial charge in [0.2, 0.25) is 11.8 Å². The SMILES string of the molecule is Cc1nccn1CCCC(=O)N1CCCC2(CCC(=O)N(CCN(C)C)C2)C1. The highest BCUT2D eigenvalue weighted by Crippen LogP contribution is 2.39. The van der Waals surface area contributed by atoms with E-state index in [1.807, 2.05) is 32.1 Å². The molecule has 1 atom stereocenters. The Morgan fingerprint density at radius 3 is 2.79 bits per heavy atom. The van der Waals surface area contributed by atoms with E-state index in [2.05, 4.69) is 19.4 Å². The number of carbonyl (C=O) groups is 2. The average molecular weight is 390 g/mol. The largest absolute Gasteiger partial charge is 0.342 e. The lowest BCUT2D eigenvalue weighted by Crippen LogP contribution is -2.55.